The van der Waals surface area contributed by atoms with Crippen molar-refractivity contribution in [1.82, 2.24) is 0 Å². The van der Waals surface area contributed by atoms with Crippen LogP contribution >= 0.6 is 0 Å². The van der Waals surface area contributed by atoms with Gasteiger partial charge in [-0.05, 0) is 65.0 Å². The number of ether oxygens (including phenoxy) is 5. The van der Waals surface area contributed by atoms with Crippen molar-refractivity contribution in [3.63, 3.8) is 0 Å². The quantitative estimate of drug-likeness (QED) is 0.131. The van der Waals surface area contributed by atoms with E-state index < -0.39 is 18.2 Å². The van der Waals surface area contributed by atoms with Gasteiger partial charge in [0.2, 0.25) is 0 Å². The van der Waals surface area contributed by atoms with Crippen LogP contribution in [0.2, 0.25) is 0 Å². The van der Waals surface area contributed by atoms with E-state index in [1.54, 1.807) is 20.1 Å². The maximum Gasteiger partial charge on any atom is 0.345 e. The first-order valence-electron chi connectivity index (χ1n) is 10.2. The minimum absolute atomic E-state index is 0.0937. The molecular formula is C21H34O7. The maximum atomic E-state index is 12.7. The smallest absolute Gasteiger partial charge is 0.345 e. The van der Waals surface area contributed by atoms with Crippen LogP contribution in [0, 0.1) is 5.92 Å². The lowest BCUT2D eigenvalue weighted by molar-refractivity contribution is -0.162. The van der Waals surface area contributed by atoms with Crippen molar-refractivity contribution in [2.75, 3.05) is 33.0 Å². The number of esters is 2. The van der Waals surface area contributed by atoms with Gasteiger partial charge in [0.25, 0.3) is 0 Å². The number of rotatable bonds is 11. The predicted molar refractivity (Wildman–Crippen MR) is 104 cm³/mol. The fourth-order valence-electron chi connectivity index (χ4n) is 3.27. The summed E-state index contributed by atoms with van der Waals surface area (Å²) in [5.74, 6) is -1.70. The maximum absolute atomic E-state index is 12.7. The Morgan fingerprint density at radius 1 is 0.929 bits per heavy atom. The van der Waals surface area contributed by atoms with E-state index >= 15 is 0 Å². The third-order valence-corrected chi connectivity index (χ3v) is 4.29. The van der Waals surface area contributed by atoms with E-state index in [2.05, 4.69) is 0 Å². The molecule has 0 spiro atoms. The molecule has 160 valence electrons. The summed E-state index contributed by atoms with van der Waals surface area (Å²) in [6.45, 7) is 10.7. The first kappa shape index (κ1) is 24.2. The molecule has 1 unspecified atom stereocenters. The van der Waals surface area contributed by atoms with E-state index in [4.69, 9.17) is 23.7 Å². The van der Waals surface area contributed by atoms with Gasteiger partial charge in [-0.15, -0.1) is 0 Å². The molecule has 1 rings (SSSR count). The molecule has 0 radical (unpaired) electrons. The van der Waals surface area contributed by atoms with Gasteiger partial charge in [-0.3, -0.25) is 0 Å². The van der Waals surface area contributed by atoms with Gasteiger partial charge >= 0.3 is 11.9 Å². The van der Waals surface area contributed by atoms with Crippen LogP contribution in [0.25, 0.3) is 0 Å². The van der Waals surface area contributed by atoms with Gasteiger partial charge < -0.3 is 23.7 Å². The van der Waals surface area contributed by atoms with Crippen molar-refractivity contribution in [2.45, 2.75) is 60.2 Å². The van der Waals surface area contributed by atoms with Gasteiger partial charge in [0.1, 0.15) is 5.57 Å². The topological polar surface area (TPSA) is 80.3 Å². The lowest BCUT2D eigenvalue weighted by Crippen LogP contribution is -2.34. The van der Waals surface area contributed by atoms with Crippen LogP contribution in [0.5, 0.6) is 0 Å². The van der Waals surface area contributed by atoms with Gasteiger partial charge in [0, 0.05) is 19.1 Å². The normalized spacial score (nSPS) is 18.3. The summed E-state index contributed by atoms with van der Waals surface area (Å²) >= 11 is 0. The lowest BCUT2D eigenvalue weighted by Gasteiger charge is -2.34. The van der Waals surface area contributed by atoms with E-state index in [9.17, 15) is 9.59 Å². The molecule has 1 atom stereocenters. The van der Waals surface area contributed by atoms with Crippen LogP contribution in [-0.2, 0) is 33.3 Å². The third-order valence-electron chi connectivity index (χ3n) is 4.29. The SMILES string of the molecule is CCO/C=C1\CCCC(C(OCC)OCC)C1=C(C(=O)OCC)C(=O)OCC. The molecule has 7 nitrogen and oxygen atoms in total. The van der Waals surface area contributed by atoms with Gasteiger partial charge in [-0.2, -0.15) is 0 Å². The van der Waals surface area contributed by atoms with Crippen LogP contribution in [-0.4, -0.2) is 51.3 Å². The predicted octanol–water partition coefficient (Wildman–Crippen LogP) is 3.53. The minimum Gasteiger partial charge on any atom is -0.501 e. The zero-order valence-corrected chi connectivity index (χ0v) is 17.7. The number of carbonyl (C=O) groups excluding carboxylic acids is 2. The Balaban J connectivity index is 3.59. The number of hydrogen-bond acceptors (Lipinski definition) is 7. The number of hydrogen-bond donors (Lipinski definition) is 0. The molecule has 0 aliphatic heterocycles. The van der Waals surface area contributed by atoms with E-state index in [-0.39, 0.29) is 24.7 Å². The molecule has 1 saturated carbocycles. The highest BCUT2D eigenvalue weighted by Gasteiger charge is 2.38. The van der Waals surface area contributed by atoms with Crippen molar-refractivity contribution in [2.24, 2.45) is 5.92 Å². The standard InChI is InChI=1S/C21H34O7/c1-6-24-14-15-12-11-13-16(21(27-9-4)28-10-5)17(15)18(19(22)25-7-2)20(23)26-8-3/h14,16,21H,6-13H2,1-5H3/b15-14+. The van der Waals surface area contributed by atoms with Crippen LogP contribution in [0.4, 0.5) is 0 Å². The number of carbonyl (C=O) groups is 2. The zero-order valence-electron chi connectivity index (χ0n) is 17.7. The first-order valence-corrected chi connectivity index (χ1v) is 10.2. The molecule has 0 heterocycles. The minimum atomic E-state index is -0.697. The Kier molecular flexibility index (Phi) is 11.5. The molecule has 28 heavy (non-hydrogen) atoms. The fraction of sp³-hybridized carbons (Fsp3) is 0.714. The van der Waals surface area contributed by atoms with Crippen molar-refractivity contribution in [1.29, 1.82) is 0 Å². The second-order valence-corrected chi connectivity index (χ2v) is 6.11. The third kappa shape index (κ3) is 6.63. The summed E-state index contributed by atoms with van der Waals surface area (Å²) in [5.41, 5.74) is 1.23. The molecule has 0 aromatic heterocycles. The first-order chi connectivity index (χ1) is 13.5. The van der Waals surface area contributed by atoms with Gasteiger partial charge in [-0.1, -0.05) is 0 Å². The van der Waals surface area contributed by atoms with Crippen LogP contribution in [0.1, 0.15) is 53.9 Å². The van der Waals surface area contributed by atoms with Crippen LogP contribution in [0.15, 0.2) is 23.0 Å². The average molecular weight is 398 g/mol. The molecule has 7 heteroatoms. The summed E-state index contributed by atoms with van der Waals surface area (Å²) in [6.07, 6.45) is 3.30. The molecule has 0 bridgehead atoms. The Bertz CT molecular complexity index is 539. The zero-order chi connectivity index (χ0) is 20.9. The summed E-state index contributed by atoms with van der Waals surface area (Å²) in [5, 5.41) is 0. The highest BCUT2D eigenvalue weighted by Crippen LogP contribution is 2.40. The highest BCUT2D eigenvalue weighted by molar-refractivity contribution is 6.15. The van der Waals surface area contributed by atoms with Gasteiger partial charge in [0.15, 0.2) is 6.29 Å². The lowest BCUT2D eigenvalue weighted by atomic mass is 9.77. The van der Waals surface area contributed by atoms with E-state index in [1.165, 1.54) is 0 Å². The van der Waals surface area contributed by atoms with E-state index in [1.807, 2.05) is 20.8 Å². The molecule has 0 amide bonds. The molecule has 1 fully saturated rings. The summed E-state index contributed by atoms with van der Waals surface area (Å²) < 4.78 is 27.5. The Labute approximate surface area is 168 Å². The van der Waals surface area contributed by atoms with Gasteiger partial charge in [-0.25, -0.2) is 9.59 Å². The Hall–Kier alpha value is -1.86. The highest BCUT2D eigenvalue weighted by atomic mass is 16.7. The largest absolute Gasteiger partial charge is 0.501 e. The number of allylic oxidation sites excluding steroid dienone is 1. The van der Waals surface area contributed by atoms with Crippen molar-refractivity contribution >= 4 is 11.9 Å². The molecule has 1 aliphatic rings. The average Bonchev–Trinajstić information content (AvgIpc) is 2.67. The Morgan fingerprint density at radius 3 is 1.96 bits per heavy atom. The summed E-state index contributed by atoms with van der Waals surface area (Å²) in [6, 6.07) is 0. The summed E-state index contributed by atoms with van der Waals surface area (Å²) in [4.78, 5) is 25.5. The van der Waals surface area contributed by atoms with Crippen LogP contribution < -0.4 is 0 Å². The van der Waals surface area contributed by atoms with Gasteiger partial charge in [0.05, 0.1) is 26.1 Å². The van der Waals surface area contributed by atoms with E-state index in [0.717, 1.165) is 12.0 Å². The molecule has 0 saturated heterocycles. The fourth-order valence-corrected chi connectivity index (χ4v) is 3.27. The van der Waals surface area contributed by atoms with Crippen molar-refractivity contribution < 1.29 is 33.3 Å². The second-order valence-electron chi connectivity index (χ2n) is 6.11. The monoisotopic (exact) mass is 398 g/mol. The van der Waals surface area contributed by atoms with Crippen molar-refractivity contribution in [3.8, 4) is 0 Å². The molecule has 0 N–H and O–H groups in total. The molecule has 0 aromatic carbocycles. The molecular weight excluding hydrogens is 364 g/mol. The van der Waals surface area contributed by atoms with E-state index in [0.29, 0.717) is 38.2 Å². The second kappa shape index (κ2) is 13.3. The Morgan fingerprint density at radius 2 is 1.50 bits per heavy atom. The van der Waals surface area contributed by atoms with Crippen LogP contribution in [0.3, 0.4) is 0 Å². The summed E-state index contributed by atoms with van der Waals surface area (Å²) in [7, 11) is 0. The molecule has 0 aromatic rings. The molecule has 1 aliphatic carbocycles. The van der Waals surface area contributed by atoms with Crippen molar-refractivity contribution in [3.05, 3.63) is 23.0 Å².